The molecule has 3 rings (SSSR count). The summed E-state index contributed by atoms with van der Waals surface area (Å²) >= 11 is 0. The van der Waals surface area contributed by atoms with Gasteiger partial charge in [0.2, 0.25) is 5.91 Å². The van der Waals surface area contributed by atoms with Gasteiger partial charge in [0.15, 0.2) is 0 Å². The molecule has 6 heteroatoms. The highest BCUT2D eigenvalue weighted by atomic mass is 16.2. The Bertz CT molecular complexity index is 868. The average Bonchev–Trinajstić information content (AvgIpc) is 3.51. The fourth-order valence-electron chi connectivity index (χ4n) is 3.65. The van der Waals surface area contributed by atoms with Gasteiger partial charge in [-0.25, -0.2) is 4.79 Å². The molecule has 1 aromatic heterocycles. The molecule has 0 atom stereocenters. The summed E-state index contributed by atoms with van der Waals surface area (Å²) in [7, 11) is 2.00. The van der Waals surface area contributed by atoms with Crippen molar-refractivity contribution in [2.24, 2.45) is 7.05 Å². The van der Waals surface area contributed by atoms with Crippen LogP contribution >= 0.6 is 0 Å². The highest BCUT2D eigenvalue weighted by molar-refractivity contribution is 5.92. The Hall–Kier alpha value is -2.76. The molecule has 1 aliphatic carbocycles. The lowest BCUT2D eigenvalue weighted by molar-refractivity contribution is -0.133. The molecule has 1 fully saturated rings. The Morgan fingerprint density at radius 3 is 2.42 bits per heavy atom. The zero-order valence-electron chi connectivity index (χ0n) is 19.3. The van der Waals surface area contributed by atoms with Crippen LogP contribution in [0.5, 0.6) is 0 Å². The molecule has 0 bridgehead atoms. The minimum Gasteiger partial charge on any atom is -0.353 e. The van der Waals surface area contributed by atoms with Crippen molar-refractivity contribution < 1.29 is 9.59 Å². The Morgan fingerprint density at radius 2 is 1.87 bits per heavy atom. The van der Waals surface area contributed by atoms with Crippen LogP contribution in [-0.4, -0.2) is 45.4 Å². The van der Waals surface area contributed by atoms with E-state index in [-0.39, 0.29) is 18.5 Å². The van der Waals surface area contributed by atoms with E-state index in [2.05, 4.69) is 26.1 Å². The summed E-state index contributed by atoms with van der Waals surface area (Å²) in [5.41, 5.74) is 3.10. The quantitative estimate of drug-likeness (QED) is 0.585. The van der Waals surface area contributed by atoms with E-state index >= 15 is 0 Å². The number of carbonyl (C=O) groups excluding carboxylic acids is 2. The van der Waals surface area contributed by atoms with Crippen LogP contribution in [-0.2, 0) is 18.4 Å². The Balaban J connectivity index is 1.66. The van der Waals surface area contributed by atoms with Gasteiger partial charge < -0.3 is 19.7 Å². The van der Waals surface area contributed by atoms with Gasteiger partial charge in [-0.2, -0.15) is 0 Å². The number of nitrogens with one attached hydrogen (secondary N) is 1. The number of aryl methyl sites for hydroxylation is 1. The van der Waals surface area contributed by atoms with Crippen molar-refractivity contribution in [1.29, 1.82) is 0 Å². The molecule has 0 aliphatic heterocycles. The highest BCUT2D eigenvalue weighted by Crippen LogP contribution is 2.28. The summed E-state index contributed by atoms with van der Waals surface area (Å²) in [6, 6.07) is 12.1. The maximum atomic E-state index is 13.2. The van der Waals surface area contributed by atoms with Crippen LogP contribution in [0.1, 0.15) is 63.6 Å². The summed E-state index contributed by atoms with van der Waals surface area (Å²) < 4.78 is 2.05. The van der Waals surface area contributed by atoms with Gasteiger partial charge in [-0.3, -0.25) is 4.79 Å². The molecule has 31 heavy (non-hydrogen) atoms. The van der Waals surface area contributed by atoms with E-state index in [0.29, 0.717) is 25.0 Å². The molecule has 0 unspecified atom stereocenters. The molecule has 1 aliphatic rings. The Morgan fingerprint density at radius 1 is 1.16 bits per heavy atom. The van der Waals surface area contributed by atoms with Crippen LogP contribution < -0.4 is 5.32 Å². The fraction of sp³-hybridized carbons (Fsp3) is 0.520. The standard InChI is InChI=1S/C25H36N4O2/c1-5-6-16-28(25(31)26-21-11-9-20(10-12-21)19(2)3)18-24(30)29(22-13-14-22)17-23-8-7-15-27(23)4/h7-12,15,19,22H,5-6,13-14,16-18H2,1-4H3,(H,26,31). The molecule has 0 spiro atoms. The van der Waals surface area contributed by atoms with Crippen molar-refractivity contribution in [1.82, 2.24) is 14.4 Å². The van der Waals surface area contributed by atoms with Crippen LogP contribution in [0.15, 0.2) is 42.6 Å². The Labute approximate surface area is 186 Å². The third kappa shape index (κ3) is 6.36. The van der Waals surface area contributed by atoms with E-state index in [4.69, 9.17) is 0 Å². The Kier molecular flexibility index (Phi) is 7.77. The first-order chi connectivity index (χ1) is 14.9. The SMILES string of the molecule is CCCCN(CC(=O)N(Cc1cccn1C)C1CC1)C(=O)Nc1ccc(C(C)C)cc1. The van der Waals surface area contributed by atoms with Crippen molar-refractivity contribution in [2.75, 3.05) is 18.4 Å². The number of nitrogens with zero attached hydrogens (tertiary/aromatic N) is 3. The summed E-state index contributed by atoms with van der Waals surface area (Å²) in [6.07, 6.45) is 5.92. The molecule has 1 N–H and O–H groups in total. The monoisotopic (exact) mass is 424 g/mol. The zero-order chi connectivity index (χ0) is 22.4. The molecular weight excluding hydrogens is 388 g/mol. The summed E-state index contributed by atoms with van der Waals surface area (Å²) in [5, 5.41) is 2.97. The number of hydrogen-bond donors (Lipinski definition) is 1. The molecular formula is C25H36N4O2. The molecule has 1 saturated carbocycles. The number of rotatable bonds is 10. The molecule has 2 aromatic rings. The van der Waals surface area contributed by atoms with Crippen LogP contribution in [0, 0.1) is 0 Å². The van der Waals surface area contributed by atoms with Gasteiger partial charge in [0.25, 0.3) is 0 Å². The number of unbranched alkanes of at least 4 members (excludes halogenated alkanes) is 1. The highest BCUT2D eigenvalue weighted by Gasteiger charge is 2.34. The molecule has 168 valence electrons. The maximum absolute atomic E-state index is 13.2. The smallest absolute Gasteiger partial charge is 0.322 e. The average molecular weight is 425 g/mol. The molecule has 0 saturated heterocycles. The van der Waals surface area contributed by atoms with Crippen molar-refractivity contribution in [3.8, 4) is 0 Å². The maximum Gasteiger partial charge on any atom is 0.322 e. The van der Waals surface area contributed by atoms with Crippen molar-refractivity contribution >= 4 is 17.6 Å². The van der Waals surface area contributed by atoms with Crippen LogP contribution in [0.3, 0.4) is 0 Å². The fourth-order valence-corrected chi connectivity index (χ4v) is 3.65. The van der Waals surface area contributed by atoms with E-state index in [1.54, 1.807) is 4.90 Å². The normalized spacial score (nSPS) is 13.3. The minimum absolute atomic E-state index is 0.0186. The zero-order valence-corrected chi connectivity index (χ0v) is 19.3. The van der Waals surface area contributed by atoms with Gasteiger partial charge in [-0.1, -0.05) is 39.3 Å². The predicted molar refractivity (Wildman–Crippen MR) is 125 cm³/mol. The summed E-state index contributed by atoms with van der Waals surface area (Å²) in [5.74, 6) is 0.464. The molecule has 1 heterocycles. The molecule has 6 nitrogen and oxygen atoms in total. The van der Waals surface area contributed by atoms with Gasteiger partial charge >= 0.3 is 6.03 Å². The lowest BCUT2D eigenvalue weighted by Gasteiger charge is -2.28. The largest absolute Gasteiger partial charge is 0.353 e. The summed E-state index contributed by atoms with van der Waals surface area (Å²) in [4.78, 5) is 29.8. The number of hydrogen-bond acceptors (Lipinski definition) is 2. The van der Waals surface area contributed by atoms with Gasteiger partial charge in [0.05, 0.1) is 6.54 Å². The van der Waals surface area contributed by atoms with E-state index in [1.807, 2.05) is 59.1 Å². The molecule has 3 amide bonds. The van der Waals surface area contributed by atoms with Crippen LogP contribution in [0.4, 0.5) is 10.5 Å². The van der Waals surface area contributed by atoms with E-state index < -0.39 is 0 Å². The van der Waals surface area contributed by atoms with Crippen LogP contribution in [0.25, 0.3) is 0 Å². The first kappa shape index (κ1) is 22.9. The van der Waals surface area contributed by atoms with E-state index in [1.165, 1.54) is 5.56 Å². The second-order valence-corrected chi connectivity index (χ2v) is 8.85. The third-order valence-electron chi connectivity index (χ3n) is 5.92. The van der Waals surface area contributed by atoms with E-state index in [0.717, 1.165) is 37.1 Å². The number of benzene rings is 1. The molecule has 0 radical (unpaired) electrons. The first-order valence-corrected chi connectivity index (χ1v) is 11.4. The third-order valence-corrected chi connectivity index (χ3v) is 5.92. The number of amides is 3. The van der Waals surface area contributed by atoms with Gasteiger partial charge in [0.1, 0.15) is 6.54 Å². The van der Waals surface area contributed by atoms with Crippen molar-refractivity contribution in [3.05, 3.63) is 53.9 Å². The lowest BCUT2D eigenvalue weighted by atomic mass is 10.0. The number of carbonyl (C=O) groups is 2. The number of anilines is 1. The number of aromatic nitrogens is 1. The van der Waals surface area contributed by atoms with Crippen molar-refractivity contribution in [2.45, 2.75) is 65.0 Å². The van der Waals surface area contributed by atoms with E-state index in [9.17, 15) is 9.59 Å². The van der Waals surface area contributed by atoms with Gasteiger partial charge in [0, 0.05) is 37.2 Å². The predicted octanol–water partition coefficient (Wildman–Crippen LogP) is 4.97. The van der Waals surface area contributed by atoms with Crippen LogP contribution in [0.2, 0.25) is 0 Å². The summed E-state index contributed by atoms with van der Waals surface area (Å²) in [6.45, 7) is 7.65. The topological polar surface area (TPSA) is 57.6 Å². The van der Waals surface area contributed by atoms with Gasteiger partial charge in [-0.05, 0) is 55.0 Å². The molecule has 1 aromatic carbocycles. The second-order valence-electron chi connectivity index (χ2n) is 8.85. The van der Waals surface area contributed by atoms with Gasteiger partial charge in [-0.15, -0.1) is 0 Å². The number of urea groups is 1. The lowest BCUT2D eigenvalue weighted by Crippen LogP contribution is -2.45. The second kappa shape index (κ2) is 10.5. The minimum atomic E-state index is -0.214. The van der Waals surface area contributed by atoms with Crippen molar-refractivity contribution in [3.63, 3.8) is 0 Å². The first-order valence-electron chi connectivity index (χ1n) is 11.4.